The standard InChI is InChI=1S/C16H23NO4/c1-14(2,3)21-12(18)8-16(9-17(19)20)11-7-5-6-10-13(16)15(10,11)4/h6,11,13H,5,7-9H2,1-4H3/t11-,13+,15+,16-/m0/s1. The predicted molar refractivity (Wildman–Crippen MR) is 77.2 cm³/mol. The minimum absolute atomic E-state index is 0.117. The van der Waals surface area contributed by atoms with Gasteiger partial charge in [0.1, 0.15) is 5.60 Å². The molecular formula is C16H23NO4. The van der Waals surface area contributed by atoms with Crippen molar-refractivity contribution in [1.29, 1.82) is 0 Å². The van der Waals surface area contributed by atoms with Gasteiger partial charge in [-0.1, -0.05) is 18.6 Å². The number of ether oxygens (including phenoxy) is 1. The van der Waals surface area contributed by atoms with Gasteiger partial charge >= 0.3 is 5.97 Å². The normalized spacial score (nSPS) is 39.7. The summed E-state index contributed by atoms with van der Waals surface area (Å²) in [5, 5.41) is 11.2. The van der Waals surface area contributed by atoms with Crippen LogP contribution in [0.4, 0.5) is 0 Å². The van der Waals surface area contributed by atoms with Crippen molar-refractivity contribution in [3.05, 3.63) is 21.8 Å². The molecule has 0 aliphatic heterocycles. The van der Waals surface area contributed by atoms with E-state index in [1.54, 1.807) is 0 Å². The van der Waals surface area contributed by atoms with Crippen LogP contribution in [-0.2, 0) is 9.53 Å². The number of rotatable bonds is 4. The van der Waals surface area contributed by atoms with Gasteiger partial charge in [0.15, 0.2) is 0 Å². The van der Waals surface area contributed by atoms with E-state index in [-0.39, 0.29) is 41.1 Å². The third kappa shape index (κ3) is 1.93. The molecule has 0 spiro atoms. The van der Waals surface area contributed by atoms with Gasteiger partial charge in [-0.2, -0.15) is 0 Å². The van der Waals surface area contributed by atoms with Crippen molar-refractivity contribution in [2.75, 3.05) is 6.54 Å². The van der Waals surface area contributed by atoms with Crippen LogP contribution >= 0.6 is 0 Å². The van der Waals surface area contributed by atoms with E-state index in [4.69, 9.17) is 4.74 Å². The third-order valence-corrected chi connectivity index (χ3v) is 5.58. The zero-order valence-electron chi connectivity index (χ0n) is 13.1. The number of carbonyl (C=O) groups excluding carboxylic acids is 1. The second-order valence-electron chi connectivity index (χ2n) is 7.99. The largest absolute Gasteiger partial charge is 0.460 e. The Morgan fingerprint density at radius 1 is 1.52 bits per heavy atom. The number of hydrogen-bond acceptors (Lipinski definition) is 4. The molecule has 4 atom stereocenters. The van der Waals surface area contributed by atoms with Crippen LogP contribution in [0.5, 0.6) is 0 Å². The molecule has 3 aliphatic carbocycles. The highest BCUT2D eigenvalue weighted by molar-refractivity contribution is 5.73. The van der Waals surface area contributed by atoms with E-state index in [1.165, 1.54) is 5.57 Å². The van der Waals surface area contributed by atoms with Gasteiger partial charge in [-0.3, -0.25) is 14.9 Å². The lowest BCUT2D eigenvalue weighted by Gasteiger charge is -2.50. The second kappa shape index (κ2) is 4.08. The van der Waals surface area contributed by atoms with Crippen molar-refractivity contribution in [2.45, 2.75) is 52.6 Å². The Kier molecular flexibility index (Phi) is 2.83. The molecule has 0 N–H and O–H groups in total. The number of esters is 1. The first-order valence-electron chi connectivity index (χ1n) is 7.65. The van der Waals surface area contributed by atoms with Crippen LogP contribution in [0.15, 0.2) is 11.6 Å². The highest BCUT2D eigenvalue weighted by atomic mass is 16.6. The number of hydrogen-bond donors (Lipinski definition) is 0. The fraction of sp³-hybridized carbons (Fsp3) is 0.812. The van der Waals surface area contributed by atoms with E-state index >= 15 is 0 Å². The van der Waals surface area contributed by atoms with Crippen molar-refractivity contribution < 1.29 is 14.5 Å². The number of carbonyl (C=O) groups is 1. The highest BCUT2D eigenvalue weighted by Crippen LogP contribution is 2.86. The van der Waals surface area contributed by atoms with Gasteiger partial charge in [0, 0.05) is 10.8 Å². The van der Waals surface area contributed by atoms with E-state index in [0.717, 1.165) is 12.8 Å². The van der Waals surface area contributed by atoms with Crippen LogP contribution in [0.3, 0.4) is 0 Å². The van der Waals surface area contributed by atoms with Crippen molar-refractivity contribution in [3.8, 4) is 0 Å². The second-order valence-corrected chi connectivity index (χ2v) is 7.99. The summed E-state index contributed by atoms with van der Waals surface area (Å²) in [7, 11) is 0. The van der Waals surface area contributed by atoms with Crippen molar-refractivity contribution in [3.63, 3.8) is 0 Å². The maximum absolute atomic E-state index is 12.2. The van der Waals surface area contributed by atoms with Crippen LogP contribution in [0.1, 0.15) is 47.0 Å². The van der Waals surface area contributed by atoms with Crippen molar-refractivity contribution >= 4 is 5.97 Å². The lowest BCUT2D eigenvalue weighted by Crippen LogP contribution is -2.54. The van der Waals surface area contributed by atoms with E-state index in [2.05, 4.69) is 13.0 Å². The first kappa shape index (κ1) is 14.5. The fourth-order valence-electron chi connectivity index (χ4n) is 5.20. The van der Waals surface area contributed by atoms with Crippen LogP contribution in [-0.4, -0.2) is 23.0 Å². The number of nitrogens with zero attached hydrogens (tertiary/aromatic N) is 1. The SMILES string of the molecule is CC(C)(C)OC(=O)C[C@]1(C[N+](=O)[O-])[C@H]2CCC=C3[C@@H]1[C@]32C. The summed E-state index contributed by atoms with van der Waals surface area (Å²) < 4.78 is 5.42. The zero-order valence-corrected chi connectivity index (χ0v) is 13.1. The molecule has 116 valence electrons. The minimum atomic E-state index is -0.544. The summed E-state index contributed by atoms with van der Waals surface area (Å²) in [6.07, 6.45) is 4.35. The number of fused-ring (bicyclic) bond motifs is 1. The average molecular weight is 293 g/mol. The molecule has 0 saturated heterocycles. The van der Waals surface area contributed by atoms with Crippen molar-refractivity contribution in [2.24, 2.45) is 22.7 Å². The fourth-order valence-corrected chi connectivity index (χ4v) is 5.20. The van der Waals surface area contributed by atoms with E-state index in [1.807, 2.05) is 20.8 Å². The lowest BCUT2D eigenvalue weighted by atomic mass is 9.51. The Labute approximate surface area is 124 Å². The van der Waals surface area contributed by atoms with E-state index < -0.39 is 11.0 Å². The summed E-state index contributed by atoms with van der Waals surface area (Å²) in [5.41, 5.74) is 0.431. The summed E-state index contributed by atoms with van der Waals surface area (Å²) in [6.45, 7) is 7.56. The summed E-state index contributed by atoms with van der Waals surface area (Å²) >= 11 is 0. The molecule has 2 fully saturated rings. The average Bonchev–Trinajstić information content (AvgIpc) is 2.91. The molecule has 0 aromatic rings. The van der Waals surface area contributed by atoms with E-state index in [9.17, 15) is 14.9 Å². The minimum Gasteiger partial charge on any atom is -0.460 e. The van der Waals surface area contributed by atoms with Gasteiger partial charge in [0.2, 0.25) is 6.54 Å². The third-order valence-electron chi connectivity index (χ3n) is 5.58. The maximum Gasteiger partial charge on any atom is 0.307 e. The molecule has 0 unspecified atom stereocenters. The van der Waals surface area contributed by atoms with Gasteiger partial charge in [-0.25, -0.2) is 0 Å². The molecule has 5 nitrogen and oxygen atoms in total. The van der Waals surface area contributed by atoms with Crippen LogP contribution < -0.4 is 0 Å². The van der Waals surface area contributed by atoms with Crippen molar-refractivity contribution in [1.82, 2.24) is 0 Å². The Hall–Kier alpha value is -1.39. The molecule has 3 aliphatic rings. The Morgan fingerprint density at radius 2 is 2.19 bits per heavy atom. The molecule has 21 heavy (non-hydrogen) atoms. The van der Waals surface area contributed by atoms with Gasteiger partial charge in [0.05, 0.1) is 11.8 Å². The van der Waals surface area contributed by atoms with E-state index in [0.29, 0.717) is 0 Å². The van der Waals surface area contributed by atoms with Gasteiger partial charge < -0.3 is 4.74 Å². The Balaban J connectivity index is 1.83. The molecule has 0 bridgehead atoms. The molecule has 3 rings (SSSR count). The molecule has 0 radical (unpaired) electrons. The van der Waals surface area contributed by atoms with Crippen LogP contribution in [0, 0.1) is 32.8 Å². The Bertz CT molecular complexity index is 547. The van der Waals surface area contributed by atoms with Crippen LogP contribution in [0.2, 0.25) is 0 Å². The number of nitro groups is 1. The summed E-state index contributed by atoms with van der Waals surface area (Å²) in [4.78, 5) is 23.2. The molecular weight excluding hydrogens is 270 g/mol. The number of allylic oxidation sites excluding steroid dienone is 2. The van der Waals surface area contributed by atoms with Gasteiger partial charge in [-0.05, 0) is 44.9 Å². The predicted octanol–water partition coefficient (Wildman–Crippen LogP) is 2.97. The molecule has 0 amide bonds. The molecule has 5 heteroatoms. The van der Waals surface area contributed by atoms with Gasteiger partial charge in [-0.15, -0.1) is 0 Å². The highest BCUT2D eigenvalue weighted by Gasteiger charge is 2.83. The zero-order chi connectivity index (χ0) is 15.6. The topological polar surface area (TPSA) is 69.4 Å². The molecule has 0 heterocycles. The first-order chi connectivity index (χ1) is 9.61. The summed E-state index contributed by atoms with van der Waals surface area (Å²) in [6, 6.07) is 0. The molecule has 2 saturated carbocycles. The Morgan fingerprint density at radius 3 is 2.71 bits per heavy atom. The quantitative estimate of drug-likeness (QED) is 0.346. The molecule has 0 aromatic heterocycles. The first-order valence-corrected chi connectivity index (χ1v) is 7.65. The smallest absolute Gasteiger partial charge is 0.307 e. The lowest BCUT2D eigenvalue weighted by molar-refractivity contribution is -0.508. The van der Waals surface area contributed by atoms with Crippen LogP contribution in [0.25, 0.3) is 0 Å². The van der Waals surface area contributed by atoms with Gasteiger partial charge in [0.25, 0.3) is 0 Å². The molecule has 0 aromatic carbocycles. The monoisotopic (exact) mass is 293 g/mol. The maximum atomic E-state index is 12.2. The summed E-state index contributed by atoms with van der Waals surface area (Å²) in [5.74, 6) is 0.174.